The first kappa shape index (κ1) is 21.7. The van der Waals surface area contributed by atoms with E-state index >= 15 is 0 Å². The van der Waals surface area contributed by atoms with Gasteiger partial charge >= 0.3 is 0 Å². The summed E-state index contributed by atoms with van der Waals surface area (Å²) in [6, 6.07) is 4.19. The van der Waals surface area contributed by atoms with Gasteiger partial charge in [-0.15, -0.1) is 0 Å². The average Bonchev–Trinajstić information content (AvgIpc) is 2.63. The van der Waals surface area contributed by atoms with Crippen LogP contribution in [0, 0.1) is 0 Å². The molecule has 0 aromatic heterocycles. The number of carbonyl (C=O) groups excluding carboxylic acids is 1. The fourth-order valence-electron chi connectivity index (χ4n) is 2.31. The minimum absolute atomic E-state index is 0.164. The highest BCUT2D eigenvalue weighted by Crippen LogP contribution is 2.23. The largest absolute Gasteiger partial charge is 0.507 e. The van der Waals surface area contributed by atoms with E-state index in [0.29, 0.717) is 6.54 Å². The molecule has 0 aliphatic rings. The van der Waals surface area contributed by atoms with Crippen molar-refractivity contribution in [3.8, 4) is 5.75 Å². The van der Waals surface area contributed by atoms with E-state index in [1.54, 1.807) is 0 Å². The lowest BCUT2D eigenvalue weighted by Gasteiger charge is -2.08. The molecule has 1 rings (SSSR count). The second kappa shape index (κ2) is 13.9. The molecule has 0 atom stereocenters. The number of phenolic OH excluding ortho intramolecular Hbond substituents is 1. The highest BCUT2D eigenvalue weighted by molar-refractivity contribution is 5.97. The maximum absolute atomic E-state index is 12.0. The second-order valence-corrected chi connectivity index (χ2v) is 5.85. The number of amides is 1. The Balaban J connectivity index is 2.07. The molecule has 0 radical (unpaired) electrons. The molecule has 26 heavy (non-hydrogen) atoms. The summed E-state index contributed by atoms with van der Waals surface area (Å²) >= 11 is 0. The lowest BCUT2D eigenvalue weighted by atomic mass is 10.1. The zero-order chi connectivity index (χ0) is 19.0. The molecular weight excluding hydrogens is 334 g/mol. The molecule has 0 aliphatic carbocycles. The highest BCUT2D eigenvalue weighted by Gasteiger charge is 2.10. The van der Waals surface area contributed by atoms with Gasteiger partial charge in [0, 0.05) is 17.1 Å². The van der Waals surface area contributed by atoms with Gasteiger partial charge in [-0.2, -0.15) is 0 Å². The first-order chi connectivity index (χ1) is 12.7. The summed E-state index contributed by atoms with van der Waals surface area (Å²) in [7, 11) is 0. The Kier molecular flexibility index (Phi) is 11.6. The topological polar surface area (TPSA) is 148 Å². The monoisotopic (exact) mass is 363 g/mol. The molecule has 1 amide bonds. The molecule has 0 bridgehead atoms. The van der Waals surface area contributed by atoms with Crippen LogP contribution in [-0.2, 0) is 0 Å². The minimum Gasteiger partial charge on any atom is -0.507 e. The van der Waals surface area contributed by atoms with E-state index in [2.05, 4.69) is 26.0 Å². The first-order valence-electron chi connectivity index (χ1n) is 8.97. The summed E-state index contributed by atoms with van der Waals surface area (Å²) in [5, 5.41) is 22.6. The van der Waals surface area contributed by atoms with Crippen LogP contribution in [-0.4, -0.2) is 50.3 Å². The molecule has 0 saturated heterocycles. The molecule has 1 aromatic rings. The number of rotatable bonds is 14. The molecule has 0 fully saturated rings. The summed E-state index contributed by atoms with van der Waals surface area (Å²) in [5.41, 5.74) is 14.2. The molecule has 0 saturated carbocycles. The Morgan fingerprint density at radius 2 is 1.73 bits per heavy atom. The van der Waals surface area contributed by atoms with Gasteiger partial charge in [0.2, 0.25) is 0 Å². The highest BCUT2D eigenvalue weighted by atomic mass is 16.3. The maximum Gasteiger partial charge on any atom is 0.255 e. The van der Waals surface area contributed by atoms with E-state index in [1.165, 1.54) is 18.2 Å². The van der Waals surface area contributed by atoms with Crippen LogP contribution in [0.1, 0.15) is 36.0 Å². The van der Waals surface area contributed by atoms with E-state index in [1.807, 2.05) is 0 Å². The van der Waals surface area contributed by atoms with Crippen molar-refractivity contribution < 1.29 is 9.90 Å². The number of benzene rings is 1. The number of hydrogen-bond acceptors (Lipinski definition) is 6. The number of unbranched alkanes of at least 4 members (excludes halogenated alkanes) is 1. The fraction of sp³-hybridized carbons (Fsp3) is 0.588. The van der Waals surface area contributed by atoms with E-state index in [9.17, 15) is 9.90 Å². The summed E-state index contributed by atoms with van der Waals surface area (Å²) in [6.45, 7) is 5.01. The van der Waals surface area contributed by atoms with Gasteiger partial charge in [-0.05, 0) is 76.1 Å². The van der Waals surface area contributed by atoms with Crippen molar-refractivity contribution in [3.05, 3.63) is 34.2 Å². The van der Waals surface area contributed by atoms with Crippen molar-refractivity contribution in [2.75, 3.05) is 39.3 Å². The van der Waals surface area contributed by atoms with Crippen molar-refractivity contribution in [2.45, 2.75) is 25.7 Å². The van der Waals surface area contributed by atoms with Crippen LogP contribution >= 0.6 is 0 Å². The Morgan fingerprint density at radius 3 is 2.35 bits per heavy atom. The van der Waals surface area contributed by atoms with Crippen molar-refractivity contribution in [2.24, 2.45) is 10.8 Å². The predicted octanol–water partition coefficient (Wildman–Crippen LogP) is 1.76. The number of azide groups is 1. The number of nitrogens with one attached hydrogen (secondary N) is 3. The zero-order valence-electron chi connectivity index (χ0n) is 15.1. The quantitative estimate of drug-likeness (QED) is 0.148. The van der Waals surface area contributed by atoms with Crippen LogP contribution in [0.4, 0.5) is 5.69 Å². The lowest BCUT2D eigenvalue weighted by Crippen LogP contribution is -2.28. The van der Waals surface area contributed by atoms with Crippen molar-refractivity contribution in [1.29, 1.82) is 0 Å². The van der Waals surface area contributed by atoms with Crippen LogP contribution < -0.4 is 21.7 Å². The summed E-state index contributed by atoms with van der Waals surface area (Å²) in [6.07, 6.45) is 4.05. The second-order valence-electron chi connectivity index (χ2n) is 5.85. The van der Waals surface area contributed by atoms with Gasteiger partial charge in [-0.3, -0.25) is 4.79 Å². The summed E-state index contributed by atoms with van der Waals surface area (Å²) < 4.78 is 0. The van der Waals surface area contributed by atoms with E-state index in [0.717, 1.165) is 58.4 Å². The minimum atomic E-state index is -0.349. The van der Waals surface area contributed by atoms with Gasteiger partial charge in [0.25, 0.3) is 5.91 Å². The molecule has 6 N–H and O–H groups in total. The van der Waals surface area contributed by atoms with E-state index in [-0.39, 0.29) is 22.9 Å². The van der Waals surface area contributed by atoms with E-state index < -0.39 is 0 Å². The van der Waals surface area contributed by atoms with Crippen LogP contribution in [0.5, 0.6) is 5.75 Å². The van der Waals surface area contributed by atoms with Crippen LogP contribution in [0.3, 0.4) is 0 Å². The van der Waals surface area contributed by atoms with Crippen molar-refractivity contribution >= 4 is 11.6 Å². The van der Waals surface area contributed by atoms with Crippen molar-refractivity contribution in [1.82, 2.24) is 16.0 Å². The molecule has 0 unspecified atom stereocenters. The van der Waals surface area contributed by atoms with Crippen LogP contribution in [0.25, 0.3) is 10.4 Å². The SMILES string of the molecule is [N-]=[N+]=Nc1ccc(C(=O)NCCCNCCCCNCCCN)c(O)c1. The summed E-state index contributed by atoms with van der Waals surface area (Å²) in [5.74, 6) is -0.552. The molecule has 9 nitrogen and oxygen atoms in total. The number of nitrogens with zero attached hydrogens (tertiary/aromatic N) is 3. The molecule has 144 valence electrons. The smallest absolute Gasteiger partial charge is 0.255 e. The molecular formula is C17H29N7O2. The third kappa shape index (κ3) is 9.24. The number of phenols is 1. The van der Waals surface area contributed by atoms with Gasteiger partial charge in [0.05, 0.1) is 5.56 Å². The van der Waals surface area contributed by atoms with Gasteiger partial charge in [-0.25, -0.2) is 0 Å². The Bertz CT molecular complexity index is 588. The van der Waals surface area contributed by atoms with E-state index in [4.69, 9.17) is 11.3 Å². The number of nitrogens with two attached hydrogens (primary N) is 1. The van der Waals surface area contributed by atoms with Gasteiger partial charge in [0.1, 0.15) is 5.75 Å². The summed E-state index contributed by atoms with van der Waals surface area (Å²) in [4.78, 5) is 14.6. The fourth-order valence-corrected chi connectivity index (χ4v) is 2.31. The third-order valence-electron chi connectivity index (χ3n) is 3.72. The van der Waals surface area contributed by atoms with Crippen molar-refractivity contribution in [3.63, 3.8) is 0 Å². The standard InChI is InChI=1S/C17H29N7O2/c18-7-3-10-20-8-1-2-9-21-11-4-12-22-17(26)15-6-5-14(23-24-19)13-16(15)25/h5-6,13,20-21,25H,1-4,7-12,18H2,(H,22,26). The Morgan fingerprint density at radius 1 is 1.08 bits per heavy atom. The van der Waals surface area contributed by atoms with Crippen LogP contribution in [0.2, 0.25) is 0 Å². The number of aromatic hydroxyl groups is 1. The zero-order valence-corrected chi connectivity index (χ0v) is 15.1. The normalized spacial score (nSPS) is 10.3. The van der Waals surface area contributed by atoms with Gasteiger partial charge in [-0.1, -0.05) is 11.2 Å². The molecule has 1 aromatic carbocycles. The average molecular weight is 363 g/mol. The Labute approximate surface area is 154 Å². The van der Waals surface area contributed by atoms with Gasteiger partial charge in [0.15, 0.2) is 0 Å². The predicted molar refractivity (Wildman–Crippen MR) is 103 cm³/mol. The maximum atomic E-state index is 12.0. The van der Waals surface area contributed by atoms with Gasteiger partial charge < -0.3 is 26.8 Å². The number of carbonyl (C=O) groups is 1. The molecule has 0 aliphatic heterocycles. The Hall–Kier alpha value is -2.32. The molecule has 9 heteroatoms. The molecule has 0 heterocycles. The lowest BCUT2D eigenvalue weighted by molar-refractivity contribution is 0.0950. The number of hydrogen-bond donors (Lipinski definition) is 5. The molecule has 0 spiro atoms. The third-order valence-corrected chi connectivity index (χ3v) is 3.72. The van der Waals surface area contributed by atoms with Crippen LogP contribution in [0.15, 0.2) is 23.3 Å². The first-order valence-corrected chi connectivity index (χ1v) is 8.97.